The van der Waals surface area contributed by atoms with Crippen molar-refractivity contribution in [2.75, 3.05) is 31.6 Å². The molecule has 1 amide bonds. The van der Waals surface area contributed by atoms with Crippen molar-refractivity contribution in [3.8, 4) is 5.75 Å². The average Bonchev–Trinajstić information content (AvgIpc) is 2.70. The highest BCUT2D eigenvalue weighted by atomic mass is 32.2. The Morgan fingerprint density at radius 3 is 2.55 bits per heavy atom. The summed E-state index contributed by atoms with van der Waals surface area (Å²) in [5, 5.41) is 2.75. The number of amides is 1. The van der Waals surface area contributed by atoms with Gasteiger partial charge in [-0.25, -0.2) is 8.42 Å². The van der Waals surface area contributed by atoms with Gasteiger partial charge in [-0.05, 0) is 56.2 Å². The van der Waals surface area contributed by atoms with Crippen molar-refractivity contribution < 1.29 is 22.7 Å². The van der Waals surface area contributed by atoms with E-state index in [2.05, 4.69) is 5.32 Å². The number of nitrogens with zero attached hydrogens (tertiary/aromatic N) is 1. The minimum Gasteiger partial charge on any atom is -0.481 e. The summed E-state index contributed by atoms with van der Waals surface area (Å²) in [5.74, 6) is 0.247. The minimum atomic E-state index is -3.65. The molecule has 8 heteroatoms. The lowest BCUT2D eigenvalue weighted by Gasteiger charge is -2.27. The first-order chi connectivity index (χ1) is 13.8. The molecule has 0 bridgehead atoms. The van der Waals surface area contributed by atoms with Gasteiger partial charge in [0.15, 0.2) is 6.10 Å². The molecule has 0 unspecified atom stereocenters. The van der Waals surface area contributed by atoms with E-state index in [-0.39, 0.29) is 10.8 Å². The minimum absolute atomic E-state index is 0.185. The van der Waals surface area contributed by atoms with Crippen LogP contribution in [-0.4, -0.2) is 51.0 Å². The molecule has 0 radical (unpaired) electrons. The lowest BCUT2D eigenvalue weighted by Crippen LogP contribution is -2.40. The highest BCUT2D eigenvalue weighted by Crippen LogP contribution is 2.25. The van der Waals surface area contributed by atoms with Crippen LogP contribution in [0.15, 0.2) is 47.4 Å². The van der Waals surface area contributed by atoms with Crippen LogP contribution in [0.5, 0.6) is 5.75 Å². The van der Waals surface area contributed by atoms with Gasteiger partial charge in [-0.2, -0.15) is 4.31 Å². The molecule has 1 saturated heterocycles. The Kier molecular flexibility index (Phi) is 6.56. The van der Waals surface area contributed by atoms with E-state index in [9.17, 15) is 13.2 Å². The van der Waals surface area contributed by atoms with Crippen LogP contribution in [0.1, 0.15) is 18.1 Å². The molecule has 0 saturated carbocycles. The van der Waals surface area contributed by atoms with Crippen LogP contribution in [0.25, 0.3) is 0 Å². The van der Waals surface area contributed by atoms with E-state index in [1.54, 1.807) is 32.0 Å². The first-order valence-corrected chi connectivity index (χ1v) is 10.9. The SMILES string of the molecule is Cc1cccc(O[C@H](C)C(=O)Nc2ccc(C)c(S(=O)(=O)N3CCOCC3)c2)c1. The molecule has 2 aromatic carbocycles. The second-order valence-corrected chi connectivity index (χ2v) is 8.97. The summed E-state index contributed by atoms with van der Waals surface area (Å²) in [5.41, 5.74) is 2.07. The van der Waals surface area contributed by atoms with E-state index in [1.165, 1.54) is 10.4 Å². The molecule has 0 aliphatic carbocycles. The zero-order valence-electron chi connectivity index (χ0n) is 16.8. The monoisotopic (exact) mass is 418 g/mol. The number of ether oxygens (including phenoxy) is 2. The lowest BCUT2D eigenvalue weighted by molar-refractivity contribution is -0.122. The molecule has 156 valence electrons. The molecule has 1 heterocycles. The smallest absolute Gasteiger partial charge is 0.265 e. The number of nitrogens with one attached hydrogen (secondary N) is 1. The number of carbonyl (C=O) groups excluding carboxylic acids is 1. The van der Waals surface area contributed by atoms with Crippen molar-refractivity contribution in [2.45, 2.75) is 31.8 Å². The van der Waals surface area contributed by atoms with Gasteiger partial charge in [0, 0.05) is 18.8 Å². The van der Waals surface area contributed by atoms with E-state index < -0.39 is 16.1 Å². The summed E-state index contributed by atoms with van der Waals surface area (Å²) in [6.07, 6.45) is -0.739. The molecule has 0 aromatic heterocycles. The lowest BCUT2D eigenvalue weighted by atomic mass is 10.2. The predicted molar refractivity (Wildman–Crippen MR) is 111 cm³/mol. The summed E-state index contributed by atoms with van der Waals surface area (Å²) in [4.78, 5) is 12.7. The van der Waals surface area contributed by atoms with Gasteiger partial charge in [-0.15, -0.1) is 0 Å². The van der Waals surface area contributed by atoms with Crippen molar-refractivity contribution in [2.24, 2.45) is 0 Å². The van der Waals surface area contributed by atoms with E-state index in [0.29, 0.717) is 43.3 Å². The number of rotatable bonds is 6. The maximum Gasteiger partial charge on any atom is 0.265 e. The Balaban J connectivity index is 1.74. The number of morpholine rings is 1. The van der Waals surface area contributed by atoms with Crippen molar-refractivity contribution in [1.29, 1.82) is 0 Å². The highest BCUT2D eigenvalue weighted by molar-refractivity contribution is 7.89. The fraction of sp³-hybridized carbons (Fsp3) is 0.381. The molecule has 1 aliphatic heterocycles. The zero-order valence-corrected chi connectivity index (χ0v) is 17.7. The van der Waals surface area contributed by atoms with Gasteiger partial charge < -0.3 is 14.8 Å². The Labute approximate surface area is 171 Å². The van der Waals surface area contributed by atoms with Gasteiger partial charge >= 0.3 is 0 Å². The Hall–Kier alpha value is -2.42. The molecule has 1 N–H and O–H groups in total. The Morgan fingerprint density at radius 1 is 1.14 bits per heavy atom. The summed E-state index contributed by atoms with van der Waals surface area (Å²) in [6, 6.07) is 12.3. The van der Waals surface area contributed by atoms with Crippen LogP contribution in [0.3, 0.4) is 0 Å². The number of hydrogen-bond donors (Lipinski definition) is 1. The molecular formula is C21H26N2O5S. The number of benzene rings is 2. The maximum atomic E-state index is 13.0. The third-order valence-electron chi connectivity index (χ3n) is 4.72. The number of carbonyl (C=O) groups is 1. The van der Waals surface area contributed by atoms with Crippen LogP contribution < -0.4 is 10.1 Å². The largest absolute Gasteiger partial charge is 0.481 e. The van der Waals surface area contributed by atoms with Crippen molar-refractivity contribution in [1.82, 2.24) is 4.31 Å². The number of anilines is 1. The predicted octanol–water partition coefficient (Wildman–Crippen LogP) is 2.73. The van der Waals surface area contributed by atoms with E-state index in [1.807, 2.05) is 25.1 Å². The quantitative estimate of drug-likeness (QED) is 0.780. The van der Waals surface area contributed by atoms with Gasteiger partial charge in [0.2, 0.25) is 10.0 Å². The number of hydrogen-bond acceptors (Lipinski definition) is 5. The van der Waals surface area contributed by atoms with Gasteiger partial charge in [-0.1, -0.05) is 18.2 Å². The summed E-state index contributed by atoms with van der Waals surface area (Å²) in [6.45, 7) is 6.73. The summed E-state index contributed by atoms with van der Waals surface area (Å²) < 4.78 is 38.3. The second-order valence-electron chi connectivity index (χ2n) is 7.06. The van der Waals surface area contributed by atoms with Gasteiger partial charge in [0.1, 0.15) is 5.75 Å². The van der Waals surface area contributed by atoms with E-state index >= 15 is 0 Å². The average molecular weight is 419 g/mol. The van der Waals surface area contributed by atoms with Crippen LogP contribution in [0.4, 0.5) is 5.69 Å². The number of sulfonamides is 1. The zero-order chi connectivity index (χ0) is 21.0. The summed E-state index contributed by atoms with van der Waals surface area (Å²) in [7, 11) is -3.65. The van der Waals surface area contributed by atoms with Gasteiger partial charge in [-0.3, -0.25) is 4.79 Å². The van der Waals surface area contributed by atoms with Crippen LogP contribution in [0.2, 0.25) is 0 Å². The molecule has 3 rings (SSSR count). The molecule has 1 fully saturated rings. The maximum absolute atomic E-state index is 13.0. The van der Waals surface area contributed by atoms with Crippen molar-refractivity contribution >= 4 is 21.6 Å². The number of aryl methyl sites for hydroxylation is 2. The first-order valence-electron chi connectivity index (χ1n) is 9.50. The molecule has 2 aromatic rings. The summed E-state index contributed by atoms with van der Waals surface area (Å²) >= 11 is 0. The standard InChI is InChI=1S/C21H26N2O5S/c1-15-5-4-6-19(13-15)28-17(3)21(24)22-18-8-7-16(2)20(14-18)29(25,26)23-9-11-27-12-10-23/h4-8,13-14,17H,9-12H2,1-3H3,(H,22,24)/t17-/m1/s1. The Bertz CT molecular complexity index is 984. The first kappa shape index (κ1) is 21.3. The molecule has 1 atom stereocenters. The molecule has 0 spiro atoms. The highest BCUT2D eigenvalue weighted by Gasteiger charge is 2.28. The third kappa shape index (κ3) is 5.14. The molecule has 7 nitrogen and oxygen atoms in total. The molecular weight excluding hydrogens is 392 g/mol. The van der Waals surface area contributed by atoms with Crippen LogP contribution in [0, 0.1) is 13.8 Å². The fourth-order valence-electron chi connectivity index (χ4n) is 3.07. The van der Waals surface area contributed by atoms with Crippen molar-refractivity contribution in [3.05, 3.63) is 53.6 Å². The second kappa shape index (κ2) is 8.94. The molecule has 29 heavy (non-hydrogen) atoms. The van der Waals surface area contributed by atoms with Crippen LogP contribution in [-0.2, 0) is 19.6 Å². The van der Waals surface area contributed by atoms with Crippen LogP contribution >= 0.6 is 0 Å². The fourth-order valence-corrected chi connectivity index (χ4v) is 4.73. The van der Waals surface area contributed by atoms with Gasteiger partial charge in [0.25, 0.3) is 5.91 Å². The topological polar surface area (TPSA) is 84.9 Å². The van der Waals surface area contributed by atoms with E-state index in [4.69, 9.17) is 9.47 Å². The van der Waals surface area contributed by atoms with Gasteiger partial charge in [0.05, 0.1) is 18.1 Å². The molecule has 1 aliphatic rings. The van der Waals surface area contributed by atoms with E-state index in [0.717, 1.165) is 5.56 Å². The normalized spacial score (nSPS) is 16.2. The van der Waals surface area contributed by atoms with Crippen molar-refractivity contribution in [3.63, 3.8) is 0 Å². The Morgan fingerprint density at radius 2 is 1.86 bits per heavy atom. The third-order valence-corrected chi connectivity index (χ3v) is 6.76.